The quantitative estimate of drug-likeness (QED) is 0.449. The molecule has 0 fully saturated rings. The van der Waals surface area contributed by atoms with Crippen molar-refractivity contribution in [3.05, 3.63) is 29.0 Å². The van der Waals surface area contributed by atoms with E-state index < -0.39 is 0 Å². The van der Waals surface area contributed by atoms with Gasteiger partial charge in [-0.05, 0) is 24.5 Å². The molecule has 1 aromatic rings. The summed E-state index contributed by atoms with van der Waals surface area (Å²) in [6.45, 7) is 4.49. The summed E-state index contributed by atoms with van der Waals surface area (Å²) in [4.78, 5) is 4.09. The molecule has 3 heteroatoms. The number of nitrogens with zero attached hydrogens (tertiary/aromatic N) is 1. The topological polar surface area (TPSA) is 12.9 Å². The van der Waals surface area contributed by atoms with Crippen LogP contribution in [0.5, 0.6) is 0 Å². The van der Waals surface area contributed by atoms with Crippen molar-refractivity contribution in [2.75, 3.05) is 0 Å². The van der Waals surface area contributed by atoms with Crippen LogP contribution in [0, 0.1) is 0 Å². The highest BCUT2D eigenvalue weighted by atomic mass is 35.5. The van der Waals surface area contributed by atoms with E-state index in [1.54, 1.807) is 6.20 Å². The number of hydrogen-bond acceptors (Lipinski definition) is 1. The van der Waals surface area contributed by atoms with Gasteiger partial charge in [0.25, 0.3) is 0 Å². The van der Waals surface area contributed by atoms with E-state index in [-0.39, 0.29) is 5.16 Å². The van der Waals surface area contributed by atoms with E-state index in [0.717, 1.165) is 11.4 Å². The van der Waals surface area contributed by atoms with E-state index in [4.69, 9.17) is 11.6 Å². The normalized spacial score (nSPS) is 14.4. The molecule has 18 heavy (non-hydrogen) atoms. The maximum absolute atomic E-state index is 6.31. The summed E-state index contributed by atoms with van der Waals surface area (Å²) in [5.74, 6) is 0. The molecule has 1 rings (SSSR count). The number of unbranched alkanes of at least 4 members (excludes halogenated alkanes) is 3. The summed E-state index contributed by atoms with van der Waals surface area (Å²) in [7, 11) is 3.06. The Bertz CT molecular complexity index is 356. The summed E-state index contributed by atoms with van der Waals surface area (Å²) in [6.07, 6.45) is 12.3. The van der Waals surface area contributed by atoms with E-state index >= 15 is 0 Å². The monoisotopic (exact) mass is 285 g/mol. The molecular weight excluding hydrogens is 261 g/mol. The van der Waals surface area contributed by atoms with Gasteiger partial charge in [0.2, 0.25) is 0 Å². The fourth-order valence-electron chi connectivity index (χ4n) is 2.49. The zero-order chi connectivity index (χ0) is 13.4. The molecule has 0 aliphatic carbocycles. The highest BCUT2D eigenvalue weighted by molar-refractivity contribution is 7.18. The largest absolute Gasteiger partial charge is 0.263 e. The predicted molar refractivity (Wildman–Crippen MR) is 84.3 cm³/mol. The van der Waals surface area contributed by atoms with Crippen LogP contribution in [0.2, 0.25) is 5.02 Å². The molecule has 0 saturated heterocycles. The summed E-state index contributed by atoms with van der Waals surface area (Å²) in [5.41, 5.74) is 1.24. The van der Waals surface area contributed by atoms with E-state index in [9.17, 15) is 0 Å². The molecule has 0 aromatic carbocycles. The number of rotatable bonds is 8. The van der Waals surface area contributed by atoms with Gasteiger partial charge in [-0.25, -0.2) is 0 Å². The van der Waals surface area contributed by atoms with Gasteiger partial charge in [0.1, 0.15) is 0 Å². The molecule has 2 atom stereocenters. The average Bonchev–Trinajstić information content (AvgIpc) is 2.35. The first-order valence-electron chi connectivity index (χ1n) is 7.03. The van der Waals surface area contributed by atoms with E-state index in [1.165, 1.54) is 44.1 Å². The van der Waals surface area contributed by atoms with E-state index in [1.807, 2.05) is 6.20 Å². The van der Waals surface area contributed by atoms with Gasteiger partial charge < -0.3 is 0 Å². The molecule has 1 aromatic heterocycles. The van der Waals surface area contributed by atoms with Crippen LogP contribution in [-0.2, 0) is 5.16 Å². The van der Waals surface area contributed by atoms with Gasteiger partial charge in [-0.1, -0.05) is 57.6 Å². The van der Waals surface area contributed by atoms with Crippen molar-refractivity contribution in [2.45, 2.75) is 63.9 Å². The van der Waals surface area contributed by atoms with Crippen molar-refractivity contribution in [1.29, 1.82) is 0 Å². The Morgan fingerprint density at radius 1 is 1.17 bits per heavy atom. The molecule has 0 saturated carbocycles. The maximum Gasteiger partial charge on any atom is 0.0630 e. The van der Waals surface area contributed by atoms with E-state index in [0.29, 0.717) is 0 Å². The molecule has 0 aliphatic heterocycles. The van der Waals surface area contributed by atoms with Crippen LogP contribution in [0.4, 0.5) is 0 Å². The van der Waals surface area contributed by atoms with Crippen molar-refractivity contribution in [3.8, 4) is 0 Å². The summed E-state index contributed by atoms with van der Waals surface area (Å²) < 4.78 is 0. The third-order valence-corrected chi connectivity index (χ3v) is 4.67. The first-order valence-corrected chi connectivity index (χ1v) is 7.98. The van der Waals surface area contributed by atoms with Gasteiger partial charge in [0.05, 0.1) is 5.02 Å². The van der Waals surface area contributed by atoms with Crippen molar-refractivity contribution in [3.63, 3.8) is 0 Å². The lowest BCUT2D eigenvalue weighted by atomic mass is 9.88. The SMILES string of the molecule is CCCCCCC(P)(CCC)c1ccncc1Cl. The van der Waals surface area contributed by atoms with Gasteiger partial charge in [0.15, 0.2) is 0 Å². The van der Waals surface area contributed by atoms with Gasteiger partial charge in [-0.15, -0.1) is 9.24 Å². The molecule has 0 N–H and O–H groups in total. The van der Waals surface area contributed by atoms with Crippen molar-refractivity contribution in [2.24, 2.45) is 0 Å². The van der Waals surface area contributed by atoms with Gasteiger partial charge in [0, 0.05) is 17.5 Å². The molecular formula is C15H25ClNP. The van der Waals surface area contributed by atoms with Crippen LogP contribution < -0.4 is 0 Å². The van der Waals surface area contributed by atoms with Crippen LogP contribution in [0.3, 0.4) is 0 Å². The lowest BCUT2D eigenvalue weighted by Gasteiger charge is -2.30. The second-order valence-electron chi connectivity index (χ2n) is 5.07. The average molecular weight is 286 g/mol. The molecule has 0 radical (unpaired) electrons. The molecule has 1 nitrogen and oxygen atoms in total. The standard InChI is InChI=1S/C15H25ClNP/c1-3-5-6-7-10-15(18,9-4-2)13-8-11-17-12-14(13)16/h8,11-12H,3-7,9-10,18H2,1-2H3. The van der Waals surface area contributed by atoms with Crippen LogP contribution in [0.15, 0.2) is 18.5 Å². The Labute approximate surface area is 119 Å². The molecule has 0 bridgehead atoms. The maximum atomic E-state index is 6.31. The summed E-state index contributed by atoms with van der Waals surface area (Å²) in [6, 6.07) is 2.07. The first-order chi connectivity index (χ1) is 8.64. The fraction of sp³-hybridized carbons (Fsp3) is 0.667. The highest BCUT2D eigenvalue weighted by Crippen LogP contribution is 2.43. The highest BCUT2D eigenvalue weighted by Gasteiger charge is 2.27. The zero-order valence-corrected chi connectivity index (χ0v) is 13.5. The second kappa shape index (κ2) is 8.12. The van der Waals surface area contributed by atoms with E-state index in [2.05, 4.69) is 34.1 Å². The minimum atomic E-state index is 0.127. The smallest absolute Gasteiger partial charge is 0.0630 e. The second-order valence-corrected chi connectivity index (χ2v) is 6.58. The Morgan fingerprint density at radius 2 is 1.94 bits per heavy atom. The Hall–Kier alpha value is -0.130. The third kappa shape index (κ3) is 4.52. The van der Waals surface area contributed by atoms with Gasteiger partial charge in [-0.3, -0.25) is 4.98 Å². The predicted octanol–water partition coefficient (Wildman–Crippen LogP) is 5.58. The number of halogens is 1. The number of aromatic nitrogens is 1. The lowest BCUT2D eigenvalue weighted by Crippen LogP contribution is -2.18. The third-order valence-electron chi connectivity index (χ3n) is 3.48. The first kappa shape index (κ1) is 15.9. The van der Waals surface area contributed by atoms with Crippen molar-refractivity contribution >= 4 is 20.8 Å². The Morgan fingerprint density at radius 3 is 2.56 bits per heavy atom. The molecule has 2 unspecified atom stereocenters. The molecule has 1 heterocycles. The Kier molecular flexibility index (Phi) is 7.19. The van der Waals surface area contributed by atoms with Crippen LogP contribution >= 0.6 is 20.8 Å². The van der Waals surface area contributed by atoms with Crippen LogP contribution in [-0.4, -0.2) is 4.98 Å². The molecule has 102 valence electrons. The zero-order valence-electron chi connectivity index (χ0n) is 11.6. The number of hydrogen-bond donors (Lipinski definition) is 0. The number of pyridine rings is 1. The Balaban J connectivity index is 2.76. The molecule has 0 amide bonds. The summed E-state index contributed by atoms with van der Waals surface area (Å²) in [5, 5.41) is 0.930. The fourth-order valence-corrected chi connectivity index (χ4v) is 3.63. The molecule has 0 aliphatic rings. The van der Waals surface area contributed by atoms with Gasteiger partial charge >= 0.3 is 0 Å². The summed E-state index contributed by atoms with van der Waals surface area (Å²) >= 11 is 6.31. The van der Waals surface area contributed by atoms with Crippen LogP contribution in [0.1, 0.15) is 64.4 Å². The minimum Gasteiger partial charge on any atom is -0.263 e. The van der Waals surface area contributed by atoms with Gasteiger partial charge in [-0.2, -0.15) is 0 Å². The van der Waals surface area contributed by atoms with Crippen LogP contribution in [0.25, 0.3) is 0 Å². The lowest BCUT2D eigenvalue weighted by molar-refractivity contribution is 0.479. The molecule has 0 spiro atoms. The van der Waals surface area contributed by atoms with Crippen molar-refractivity contribution in [1.82, 2.24) is 4.98 Å². The minimum absolute atomic E-state index is 0.127. The van der Waals surface area contributed by atoms with Crippen molar-refractivity contribution < 1.29 is 0 Å².